The van der Waals surface area contributed by atoms with E-state index in [0.717, 1.165) is 36.4 Å². The van der Waals surface area contributed by atoms with Crippen LogP contribution in [0.15, 0.2) is 24.3 Å². The molecule has 0 aromatic heterocycles. The second-order valence-corrected chi connectivity index (χ2v) is 6.13. The predicted molar refractivity (Wildman–Crippen MR) is 97.1 cm³/mol. The fourth-order valence-electron chi connectivity index (χ4n) is 2.74. The Hall–Kier alpha value is -2.63. The highest BCUT2D eigenvalue weighted by Gasteiger charge is 2.23. The summed E-state index contributed by atoms with van der Waals surface area (Å²) >= 11 is 6.08. The van der Waals surface area contributed by atoms with Crippen molar-refractivity contribution in [2.75, 3.05) is 31.2 Å². The zero-order valence-electron chi connectivity index (χ0n) is 14.4. The van der Waals surface area contributed by atoms with Gasteiger partial charge >= 0.3 is 0 Å². The summed E-state index contributed by atoms with van der Waals surface area (Å²) in [6, 6.07) is 3.97. The second kappa shape index (κ2) is 9.17. The maximum atomic E-state index is 12.3. The molecule has 0 bridgehead atoms. The monoisotopic (exact) mass is 378 g/mol. The second-order valence-electron chi connectivity index (χ2n) is 5.79. The summed E-state index contributed by atoms with van der Waals surface area (Å²) in [5.41, 5.74) is -0.545. The number of hydrogen-bond acceptors (Lipinski definition) is 6. The van der Waals surface area contributed by atoms with Crippen molar-refractivity contribution in [1.29, 1.82) is 5.26 Å². The van der Waals surface area contributed by atoms with E-state index in [1.54, 1.807) is 12.1 Å². The Balaban J connectivity index is 2.16. The molecular formula is C17H19ClN4O4. The molecule has 1 amide bonds. The maximum Gasteiger partial charge on any atom is 0.290 e. The van der Waals surface area contributed by atoms with Crippen LogP contribution in [0.5, 0.6) is 5.75 Å². The Labute approximate surface area is 156 Å². The van der Waals surface area contributed by atoms with Crippen LogP contribution in [0.25, 0.3) is 0 Å². The number of nitro groups is 1. The third-order valence-corrected chi connectivity index (χ3v) is 4.44. The Morgan fingerprint density at radius 2 is 2.15 bits per heavy atom. The maximum absolute atomic E-state index is 12.3. The van der Waals surface area contributed by atoms with Crippen LogP contribution in [0.3, 0.4) is 0 Å². The molecule has 0 radical (unpaired) electrons. The molecular weight excluding hydrogens is 360 g/mol. The Bertz CT molecular complexity index is 754. The lowest BCUT2D eigenvalue weighted by molar-refractivity contribution is -0.385. The van der Waals surface area contributed by atoms with E-state index in [1.165, 1.54) is 25.7 Å². The minimum Gasteiger partial charge on any atom is -0.494 e. The van der Waals surface area contributed by atoms with Gasteiger partial charge in [-0.3, -0.25) is 19.8 Å². The summed E-state index contributed by atoms with van der Waals surface area (Å²) in [6.45, 7) is 2.66. The van der Waals surface area contributed by atoms with Crippen molar-refractivity contribution < 1.29 is 14.5 Å². The largest absolute Gasteiger partial charge is 0.494 e. The molecule has 1 aliphatic heterocycles. The highest BCUT2D eigenvalue weighted by molar-refractivity contribution is 6.38. The van der Waals surface area contributed by atoms with Gasteiger partial charge in [0.1, 0.15) is 17.3 Å². The number of anilines is 1. The summed E-state index contributed by atoms with van der Waals surface area (Å²) in [4.78, 5) is 24.9. The molecule has 26 heavy (non-hydrogen) atoms. The molecule has 1 aromatic carbocycles. The van der Waals surface area contributed by atoms with Crippen LogP contribution in [-0.2, 0) is 4.79 Å². The molecule has 0 aliphatic carbocycles. The average molecular weight is 379 g/mol. The number of carbonyl (C=O) groups is 1. The van der Waals surface area contributed by atoms with Crippen LogP contribution < -0.4 is 9.16 Å². The number of ether oxygens (including phenoxy) is 1. The summed E-state index contributed by atoms with van der Waals surface area (Å²) in [6.07, 6.45) is 6.61. The van der Waals surface area contributed by atoms with Gasteiger partial charge in [-0.25, -0.2) is 4.42 Å². The van der Waals surface area contributed by atoms with E-state index < -0.39 is 16.5 Å². The molecule has 0 saturated carbocycles. The van der Waals surface area contributed by atoms with E-state index in [2.05, 4.69) is 4.90 Å². The number of nitro benzene ring substituents is 1. The first kappa shape index (κ1) is 19.7. The number of benzene rings is 1. The van der Waals surface area contributed by atoms with E-state index in [1.807, 2.05) is 0 Å². The quantitative estimate of drug-likeness (QED) is 0.326. The molecule has 1 aromatic rings. The molecule has 0 N–H and O–H groups in total. The number of carbonyl (C=O) groups excluding carboxylic acids is 1. The van der Waals surface area contributed by atoms with E-state index in [0.29, 0.717) is 6.54 Å². The summed E-state index contributed by atoms with van der Waals surface area (Å²) in [5.74, 6) is -0.497. The number of nitriles is 1. The molecule has 138 valence electrons. The number of rotatable bonds is 6. The van der Waals surface area contributed by atoms with Gasteiger partial charge in [-0.15, -0.1) is 0 Å². The molecule has 9 heteroatoms. The first-order valence-corrected chi connectivity index (χ1v) is 8.47. The first-order chi connectivity index (χ1) is 12.5. The average Bonchev–Trinajstić information content (AvgIpc) is 2.66. The summed E-state index contributed by atoms with van der Waals surface area (Å²) in [7, 11) is 1.30. The lowest BCUT2D eigenvalue weighted by atomic mass is 10.1. The SMILES string of the molecule is COc1cc([N+](=O)[O-])c(C#N)cc1N(Cl)C(=O)C=CCN1CCCCC1. The van der Waals surface area contributed by atoms with Crippen molar-refractivity contribution in [2.45, 2.75) is 19.3 Å². The van der Waals surface area contributed by atoms with E-state index in [9.17, 15) is 14.9 Å². The van der Waals surface area contributed by atoms with Gasteiger partial charge < -0.3 is 4.74 Å². The van der Waals surface area contributed by atoms with Gasteiger partial charge in [0.2, 0.25) is 0 Å². The number of likely N-dealkylation sites (tertiary alicyclic amines) is 1. The summed E-state index contributed by atoms with van der Waals surface area (Å²) < 4.78 is 5.87. The summed E-state index contributed by atoms with van der Waals surface area (Å²) in [5, 5.41) is 20.1. The van der Waals surface area contributed by atoms with Crippen LogP contribution in [0, 0.1) is 21.4 Å². The topological polar surface area (TPSA) is 99.7 Å². The number of piperidine rings is 1. The fraction of sp³-hybridized carbons (Fsp3) is 0.412. The number of hydrogen-bond donors (Lipinski definition) is 0. The number of amides is 1. The zero-order chi connectivity index (χ0) is 19.1. The molecule has 1 saturated heterocycles. The molecule has 1 fully saturated rings. The third kappa shape index (κ3) is 4.71. The van der Waals surface area contributed by atoms with Gasteiger partial charge in [0.25, 0.3) is 11.6 Å². The standard InChI is InChI=1S/C17H19ClN4O4/c1-26-16-11-14(22(24)25)13(12-19)10-15(16)21(18)17(23)6-5-9-20-7-3-2-4-8-20/h5-6,10-11H,2-4,7-9H2,1H3. The lowest BCUT2D eigenvalue weighted by Crippen LogP contribution is -2.30. The van der Waals surface area contributed by atoms with Crippen molar-refractivity contribution in [3.05, 3.63) is 40.0 Å². The lowest BCUT2D eigenvalue weighted by Gasteiger charge is -2.24. The normalized spacial score (nSPS) is 14.8. The molecule has 2 rings (SSSR count). The van der Waals surface area contributed by atoms with Gasteiger partial charge in [0, 0.05) is 24.4 Å². The highest BCUT2D eigenvalue weighted by Crippen LogP contribution is 2.36. The molecule has 0 atom stereocenters. The van der Waals surface area contributed by atoms with Crippen molar-refractivity contribution in [3.8, 4) is 11.8 Å². The van der Waals surface area contributed by atoms with E-state index in [-0.39, 0.29) is 17.0 Å². The van der Waals surface area contributed by atoms with Crippen molar-refractivity contribution >= 4 is 29.1 Å². The van der Waals surface area contributed by atoms with Crippen LogP contribution in [0.4, 0.5) is 11.4 Å². The van der Waals surface area contributed by atoms with Crippen molar-refractivity contribution in [3.63, 3.8) is 0 Å². The highest BCUT2D eigenvalue weighted by atomic mass is 35.5. The van der Waals surface area contributed by atoms with Gasteiger partial charge in [0.15, 0.2) is 5.75 Å². The zero-order valence-corrected chi connectivity index (χ0v) is 15.1. The molecule has 0 unspecified atom stereocenters. The van der Waals surface area contributed by atoms with Crippen LogP contribution in [-0.4, -0.2) is 42.5 Å². The van der Waals surface area contributed by atoms with Gasteiger partial charge in [-0.1, -0.05) is 12.5 Å². The van der Waals surface area contributed by atoms with Gasteiger partial charge in [0.05, 0.1) is 18.1 Å². The predicted octanol–water partition coefficient (Wildman–Crippen LogP) is 3.00. The molecule has 1 aliphatic rings. The van der Waals surface area contributed by atoms with Crippen LogP contribution in [0.2, 0.25) is 0 Å². The van der Waals surface area contributed by atoms with Gasteiger partial charge in [-0.05, 0) is 32.0 Å². The number of halogens is 1. The Kier molecular flexibility index (Phi) is 6.95. The molecule has 8 nitrogen and oxygen atoms in total. The smallest absolute Gasteiger partial charge is 0.290 e. The Morgan fingerprint density at radius 3 is 2.73 bits per heavy atom. The van der Waals surface area contributed by atoms with Crippen LogP contribution in [0.1, 0.15) is 24.8 Å². The van der Waals surface area contributed by atoms with E-state index in [4.69, 9.17) is 21.8 Å². The third-order valence-electron chi connectivity index (χ3n) is 4.09. The number of nitrogens with zero attached hydrogens (tertiary/aromatic N) is 4. The van der Waals surface area contributed by atoms with Crippen LogP contribution >= 0.6 is 11.8 Å². The fourth-order valence-corrected chi connectivity index (χ4v) is 2.93. The van der Waals surface area contributed by atoms with E-state index >= 15 is 0 Å². The number of methoxy groups -OCH3 is 1. The molecule has 0 spiro atoms. The minimum atomic E-state index is -0.691. The molecule has 1 heterocycles. The first-order valence-electron chi connectivity index (χ1n) is 8.13. The minimum absolute atomic E-state index is 0.0310. The van der Waals surface area contributed by atoms with Crippen molar-refractivity contribution in [2.24, 2.45) is 0 Å². The van der Waals surface area contributed by atoms with Crippen molar-refractivity contribution in [1.82, 2.24) is 4.90 Å². The Morgan fingerprint density at radius 1 is 1.46 bits per heavy atom. The van der Waals surface area contributed by atoms with Gasteiger partial charge in [-0.2, -0.15) is 5.26 Å².